The highest BCUT2D eigenvalue weighted by atomic mass is 32.2. The highest BCUT2D eigenvalue weighted by Gasteiger charge is 2.97. The quantitative estimate of drug-likeness (QED) is 0.589. The van der Waals surface area contributed by atoms with Gasteiger partial charge in [-0.15, -0.1) is 23.5 Å². The van der Waals surface area contributed by atoms with Gasteiger partial charge in [-0.2, -0.15) is 0 Å². The molecule has 12 heavy (non-hydrogen) atoms. The van der Waals surface area contributed by atoms with Crippen LogP contribution in [0, 0.1) is 23.2 Å². The summed E-state index contributed by atoms with van der Waals surface area (Å²) in [5, 5.41) is 0. The van der Waals surface area contributed by atoms with Crippen LogP contribution in [0.5, 0.6) is 0 Å². The predicted octanol–water partition coefficient (Wildman–Crippen LogP) is 1.63. The fourth-order valence-corrected chi connectivity index (χ4v) is 7.42. The van der Waals surface area contributed by atoms with E-state index >= 15 is 0 Å². The average Bonchev–Trinajstić information content (AvgIpc) is 2.66. The lowest BCUT2D eigenvalue weighted by molar-refractivity contribution is -0.118. The number of carbonyl (C=O) groups is 1. The van der Waals surface area contributed by atoms with Crippen LogP contribution in [0.1, 0.15) is 6.92 Å². The summed E-state index contributed by atoms with van der Waals surface area (Å²) in [5.41, 5.74) is 0.501. The van der Waals surface area contributed by atoms with E-state index in [1.54, 1.807) is 0 Å². The van der Waals surface area contributed by atoms with Crippen molar-refractivity contribution >= 4 is 29.3 Å². The van der Waals surface area contributed by atoms with Crippen molar-refractivity contribution < 1.29 is 4.79 Å². The SMILES string of the molecule is C[C@]12C3C(=O)C4(SCCS4)C1[C@@H]32. The average molecular weight is 198 g/mol. The van der Waals surface area contributed by atoms with Gasteiger partial charge >= 0.3 is 0 Å². The lowest BCUT2D eigenvalue weighted by Crippen LogP contribution is -2.24. The van der Waals surface area contributed by atoms with Crippen LogP contribution < -0.4 is 0 Å². The summed E-state index contributed by atoms with van der Waals surface area (Å²) in [6.07, 6.45) is 0. The lowest BCUT2D eigenvalue weighted by atomic mass is 10.1. The summed E-state index contributed by atoms with van der Waals surface area (Å²) in [6, 6.07) is 0. The third-order valence-corrected chi connectivity index (χ3v) is 7.86. The molecule has 0 aromatic heterocycles. The van der Waals surface area contributed by atoms with Gasteiger partial charge in [0, 0.05) is 23.3 Å². The first-order valence-electron chi connectivity index (χ1n) is 4.55. The highest BCUT2D eigenvalue weighted by molar-refractivity contribution is 8.22. The second kappa shape index (κ2) is 1.52. The van der Waals surface area contributed by atoms with Crippen molar-refractivity contribution in [2.75, 3.05) is 11.5 Å². The molecule has 1 saturated heterocycles. The van der Waals surface area contributed by atoms with Gasteiger partial charge in [0.25, 0.3) is 0 Å². The molecular formula is C9H10OS2. The molecule has 0 N–H and O–H groups in total. The van der Waals surface area contributed by atoms with Gasteiger partial charge in [-0.25, -0.2) is 0 Å². The number of hydrogen-bond acceptors (Lipinski definition) is 3. The Morgan fingerprint density at radius 2 is 2.00 bits per heavy atom. The van der Waals surface area contributed by atoms with Crippen LogP contribution >= 0.6 is 23.5 Å². The normalized spacial score (nSPS) is 62.4. The fourth-order valence-electron chi connectivity index (χ4n) is 3.61. The zero-order valence-electron chi connectivity index (χ0n) is 6.87. The first kappa shape index (κ1) is 6.77. The molecule has 0 aromatic rings. The van der Waals surface area contributed by atoms with Crippen molar-refractivity contribution in [1.82, 2.24) is 0 Å². The van der Waals surface area contributed by atoms with E-state index in [1.807, 2.05) is 23.5 Å². The Hall–Kier alpha value is 0.370. The minimum atomic E-state index is 0.0735. The van der Waals surface area contributed by atoms with Crippen molar-refractivity contribution in [3.05, 3.63) is 0 Å². The van der Waals surface area contributed by atoms with Gasteiger partial charge in [0.1, 0.15) is 4.08 Å². The van der Waals surface area contributed by atoms with Crippen LogP contribution in [-0.4, -0.2) is 21.4 Å². The van der Waals surface area contributed by atoms with Gasteiger partial charge in [-0.3, -0.25) is 4.79 Å². The van der Waals surface area contributed by atoms with E-state index in [9.17, 15) is 4.79 Å². The molecule has 4 atom stereocenters. The number of hydrogen-bond donors (Lipinski definition) is 0. The minimum absolute atomic E-state index is 0.0735. The molecule has 4 saturated carbocycles. The molecule has 0 radical (unpaired) electrons. The van der Waals surface area contributed by atoms with Gasteiger partial charge in [0.2, 0.25) is 0 Å². The third-order valence-electron chi connectivity index (χ3n) is 4.31. The largest absolute Gasteiger partial charge is 0.297 e. The Kier molecular flexibility index (Phi) is 0.857. The van der Waals surface area contributed by atoms with Crippen LogP contribution in [0.15, 0.2) is 0 Å². The molecule has 0 amide bonds. The molecule has 4 aliphatic carbocycles. The van der Waals surface area contributed by atoms with Gasteiger partial charge in [-0.1, -0.05) is 6.92 Å². The maximum Gasteiger partial charge on any atom is 0.163 e. The Bertz CT molecular complexity index is 308. The molecule has 1 heterocycles. The molecule has 1 aliphatic heterocycles. The van der Waals surface area contributed by atoms with E-state index < -0.39 is 0 Å². The summed E-state index contributed by atoms with van der Waals surface area (Å²) in [5.74, 6) is 5.10. The van der Waals surface area contributed by atoms with E-state index in [0.717, 1.165) is 11.8 Å². The topological polar surface area (TPSA) is 17.1 Å². The molecule has 2 unspecified atom stereocenters. The number of Topliss-reactive ketones (excluding diaryl/α,β-unsaturated/α-hetero) is 1. The number of ketones is 1. The Morgan fingerprint density at radius 3 is 2.42 bits per heavy atom. The Morgan fingerprint density at radius 1 is 1.42 bits per heavy atom. The van der Waals surface area contributed by atoms with Gasteiger partial charge in [0.05, 0.1) is 0 Å². The number of thioether (sulfide) groups is 2. The molecule has 3 heteroatoms. The minimum Gasteiger partial charge on any atom is -0.297 e. The molecule has 5 rings (SSSR count). The first-order chi connectivity index (χ1) is 5.73. The number of carbonyl (C=O) groups excluding carboxylic acids is 1. The summed E-state index contributed by atoms with van der Waals surface area (Å²) >= 11 is 3.89. The molecule has 5 fully saturated rings. The van der Waals surface area contributed by atoms with E-state index in [0.29, 0.717) is 17.1 Å². The van der Waals surface area contributed by atoms with Gasteiger partial charge in [-0.05, 0) is 11.3 Å². The summed E-state index contributed by atoms with van der Waals surface area (Å²) < 4.78 is 0.0735. The van der Waals surface area contributed by atoms with E-state index in [-0.39, 0.29) is 4.08 Å². The monoisotopic (exact) mass is 198 g/mol. The summed E-state index contributed by atoms with van der Waals surface area (Å²) in [4.78, 5) is 12.0. The third kappa shape index (κ3) is 0.406. The van der Waals surface area contributed by atoms with Crippen molar-refractivity contribution in [3.8, 4) is 0 Å². The second-order valence-electron chi connectivity index (χ2n) is 4.58. The van der Waals surface area contributed by atoms with E-state index in [4.69, 9.17) is 0 Å². The molecule has 5 aliphatic rings. The lowest BCUT2D eigenvalue weighted by Gasteiger charge is -2.18. The van der Waals surface area contributed by atoms with Crippen LogP contribution in [0.2, 0.25) is 0 Å². The Balaban J connectivity index is 1.86. The zero-order chi connectivity index (χ0) is 8.14. The van der Waals surface area contributed by atoms with Crippen LogP contribution in [0.4, 0.5) is 0 Å². The smallest absolute Gasteiger partial charge is 0.163 e. The maximum absolute atomic E-state index is 12.0. The maximum atomic E-state index is 12.0. The number of rotatable bonds is 0. The Labute approximate surface area is 80.0 Å². The molecule has 0 aromatic carbocycles. The summed E-state index contributed by atoms with van der Waals surface area (Å²) in [6.45, 7) is 2.32. The summed E-state index contributed by atoms with van der Waals surface area (Å²) in [7, 11) is 0. The van der Waals surface area contributed by atoms with Crippen molar-refractivity contribution in [2.24, 2.45) is 23.2 Å². The van der Waals surface area contributed by atoms with E-state index in [1.165, 1.54) is 11.5 Å². The second-order valence-corrected chi connectivity index (χ2v) is 7.52. The molecule has 64 valence electrons. The van der Waals surface area contributed by atoms with Crippen molar-refractivity contribution in [2.45, 2.75) is 11.0 Å². The zero-order valence-corrected chi connectivity index (χ0v) is 8.50. The van der Waals surface area contributed by atoms with Gasteiger partial charge < -0.3 is 0 Å². The highest BCUT2D eigenvalue weighted by Crippen LogP contribution is 2.95. The standard InChI is InChI=1S/C9H10OS2/c1-8-4-5(8)7(10)9(6(4)8)11-2-3-12-9/h4-6H,2-3H2,1H3/t4-,5?,6?,8+/m1/s1. The molecule has 2 bridgehead atoms. The van der Waals surface area contributed by atoms with Crippen molar-refractivity contribution in [1.29, 1.82) is 0 Å². The van der Waals surface area contributed by atoms with E-state index in [2.05, 4.69) is 6.92 Å². The predicted molar refractivity (Wildman–Crippen MR) is 51.2 cm³/mol. The molecule has 1 nitrogen and oxygen atoms in total. The first-order valence-corrected chi connectivity index (χ1v) is 6.52. The van der Waals surface area contributed by atoms with Gasteiger partial charge in [0.15, 0.2) is 5.78 Å². The van der Waals surface area contributed by atoms with Crippen LogP contribution in [-0.2, 0) is 4.79 Å². The fraction of sp³-hybridized carbons (Fsp3) is 0.889. The van der Waals surface area contributed by atoms with Crippen molar-refractivity contribution in [3.63, 3.8) is 0 Å². The molecular weight excluding hydrogens is 188 g/mol. The molecule has 1 spiro atoms. The van der Waals surface area contributed by atoms with Crippen LogP contribution in [0.3, 0.4) is 0 Å². The van der Waals surface area contributed by atoms with Crippen LogP contribution in [0.25, 0.3) is 0 Å².